The number of hydrogen-bond acceptors (Lipinski definition) is 3. The lowest BCUT2D eigenvalue weighted by atomic mass is 10.00. The van der Waals surface area contributed by atoms with Crippen molar-refractivity contribution < 1.29 is 13.6 Å². The number of urea groups is 1. The molecule has 2 aromatic rings. The molecule has 0 radical (unpaired) electrons. The van der Waals surface area contributed by atoms with E-state index in [0.29, 0.717) is 18.7 Å². The molecule has 3 rings (SSSR count). The van der Waals surface area contributed by atoms with Gasteiger partial charge in [-0.2, -0.15) is 0 Å². The van der Waals surface area contributed by atoms with Gasteiger partial charge in [-0.25, -0.2) is 18.6 Å². The summed E-state index contributed by atoms with van der Waals surface area (Å²) in [5, 5.41) is 5.74. The molecule has 0 saturated carbocycles. The average molecular weight is 349 g/mol. The van der Waals surface area contributed by atoms with Gasteiger partial charge in [0.15, 0.2) is 11.6 Å². The number of imidazole rings is 1. The predicted octanol–water partition coefficient (Wildman–Crippen LogP) is 1.91. The van der Waals surface area contributed by atoms with Gasteiger partial charge in [-0.3, -0.25) is 4.90 Å². The van der Waals surface area contributed by atoms with Crippen LogP contribution in [0.25, 0.3) is 0 Å². The Morgan fingerprint density at radius 3 is 2.92 bits per heavy atom. The molecular formula is C17H21F2N5O. The van der Waals surface area contributed by atoms with Crippen molar-refractivity contribution in [3.63, 3.8) is 0 Å². The molecule has 0 bridgehead atoms. The quantitative estimate of drug-likeness (QED) is 0.867. The van der Waals surface area contributed by atoms with Crippen LogP contribution in [0.5, 0.6) is 0 Å². The highest BCUT2D eigenvalue weighted by Crippen LogP contribution is 2.31. The highest BCUT2D eigenvalue weighted by Gasteiger charge is 2.34. The number of rotatable bonds is 5. The maximum absolute atomic E-state index is 13.5. The minimum atomic E-state index is -0.874. The van der Waals surface area contributed by atoms with Gasteiger partial charge in [-0.05, 0) is 31.2 Å². The zero-order valence-electron chi connectivity index (χ0n) is 14.0. The first-order chi connectivity index (χ1) is 12.0. The third-order valence-electron chi connectivity index (χ3n) is 4.47. The molecule has 1 aromatic heterocycles. The molecule has 1 fully saturated rings. The van der Waals surface area contributed by atoms with Gasteiger partial charge in [0, 0.05) is 32.0 Å². The van der Waals surface area contributed by atoms with E-state index in [9.17, 15) is 13.6 Å². The fraction of sp³-hybridized carbons (Fsp3) is 0.412. The van der Waals surface area contributed by atoms with Crippen molar-refractivity contribution in [3.8, 4) is 0 Å². The largest absolute Gasteiger partial charge is 0.336 e. The number of amides is 2. The third-order valence-corrected chi connectivity index (χ3v) is 4.47. The molecule has 2 unspecified atom stereocenters. The molecule has 1 aromatic carbocycles. The highest BCUT2D eigenvalue weighted by atomic mass is 19.2. The number of halogens is 2. The summed E-state index contributed by atoms with van der Waals surface area (Å²) in [6, 6.07) is 3.27. The Labute approximate surface area is 144 Å². The number of aromatic nitrogens is 2. The molecule has 6 nitrogen and oxygen atoms in total. The summed E-state index contributed by atoms with van der Waals surface area (Å²) in [4.78, 5) is 18.1. The number of nitrogens with zero attached hydrogens (tertiary/aromatic N) is 3. The van der Waals surface area contributed by atoms with Crippen LogP contribution in [0.1, 0.15) is 18.0 Å². The zero-order chi connectivity index (χ0) is 17.8. The van der Waals surface area contributed by atoms with Crippen LogP contribution in [0.4, 0.5) is 13.6 Å². The molecule has 25 heavy (non-hydrogen) atoms. The number of carbonyl (C=O) groups is 1. The van der Waals surface area contributed by atoms with E-state index in [4.69, 9.17) is 0 Å². The molecular weight excluding hydrogens is 328 g/mol. The Morgan fingerprint density at radius 1 is 1.36 bits per heavy atom. The first-order valence-corrected chi connectivity index (χ1v) is 8.20. The number of hydrogen-bond donors (Lipinski definition) is 2. The number of benzene rings is 1. The Morgan fingerprint density at radius 2 is 2.20 bits per heavy atom. The smallest absolute Gasteiger partial charge is 0.315 e. The highest BCUT2D eigenvalue weighted by molar-refractivity contribution is 5.74. The normalized spacial score (nSPS) is 20.6. The minimum absolute atomic E-state index is 0.164. The van der Waals surface area contributed by atoms with Crippen LogP contribution < -0.4 is 10.6 Å². The minimum Gasteiger partial charge on any atom is -0.336 e. The first-order valence-electron chi connectivity index (χ1n) is 8.20. The monoisotopic (exact) mass is 349 g/mol. The Hall–Kier alpha value is -2.48. The summed E-state index contributed by atoms with van der Waals surface area (Å²) in [7, 11) is 1.91. The maximum Gasteiger partial charge on any atom is 0.315 e. The van der Waals surface area contributed by atoms with Crippen molar-refractivity contribution in [1.82, 2.24) is 25.1 Å². The second kappa shape index (κ2) is 7.60. The lowest BCUT2D eigenvalue weighted by Crippen LogP contribution is -2.45. The standard InChI is InChI=1S/C17H21F2N5O/c1-23-7-4-15(16(23)12-2-3-13(18)14(19)10-12)22-17(25)21-6-9-24-8-5-20-11-24/h2-3,5,8,10-11,15-16H,4,6-7,9H2,1H3,(H2,21,22,25). The van der Waals surface area contributed by atoms with E-state index in [1.54, 1.807) is 18.6 Å². The van der Waals surface area contributed by atoms with Gasteiger partial charge < -0.3 is 15.2 Å². The fourth-order valence-corrected chi connectivity index (χ4v) is 3.22. The topological polar surface area (TPSA) is 62.2 Å². The van der Waals surface area contributed by atoms with E-state index in [2.05, 4.69) is 15.6 Å². The van der Waals surface area contributed by atoms with Crippen molar-refractivity contribution in [3.05, 3.63) is 54.1 Å². The zero-order valence-corrected chi connectivity index (χ0v) is 14.0. The molecule has 134 valence electrons. The van der Waals surface area contributed by atoms with Crippen molar-refractivity contribution in [1.29, 1.82) is 0 Å². The van der Waals surface area contributed by atoms with Crippen molar-refractivity contribution in [2.45, 2.75) is 25.0 Å². The summed E-state index contributed by atoms with van der Waals surface area (Å²) in [5.41, 5.74) is 0.655. The van der Waals surface area contributed by atoms with E-state index in [1.165, 1.54) is 6.07 Å². The molecule has 0 aliphatic carbocycles. The van der Waals surface area contributed by atoms with Crippen LogP contribution in [0.15, 0.2) is 36.9 Å². The fourth-order valence-electron chi connectivity index (χ4n) is 3.22. The van der Waals surface area contributed by atoms with Gasteiger partial charge in [-0.15, -0.1) is 0 Å². The summed E-state index contributed by atoms with van der Waals surface area (Å²) in [6.07, 6.45) is 5.94. The Kier molecular flexibility index (Phi) is 5.28. The Bertz CT molecular complexity index is 722. The summed E-state index contributed by atoms with van der Waals surface area (Å²) in [5.74, 6) is -1.74. The lowest BCUT2D eigenvalue weighted by Gasteiger charge is -2.26. The van der Waals surface area contributed by atoms with Crippen LogP contribution in [-0.2, 0) is 6.54 Å². The SMILES string of the molecule is CN1CCC(NC(=O)NCCn2ccnc2)C1c1ccc(F)c(F)c1. The average Bonchev–Trinajstić information content (AvgIpc) is 3.21. The summed E-state index contributed by atoms with van der Waals surface area (Å²) in [6.45, 7) is 1.87. The first kappa shape index (κ1) is 17.3. The molecule has 2 amide bonds. The third kappa shape index (κ3) is 4.14. The molecule has 2 atom stereocenters. The van der Waals surface area contributed by atoms with Crippen molar-refractivity contribution in [2.24, 2.45) is 0 Å². The van der Waals surface area contributed by atoms with Gasteiger partial charge in [0.25, 0.3) is 0 Å². The number of carbonyl (C=O) groups excluding carboxylic acids is 1. The van der Waals surface area contributed by atoms with Gasteiger partial charge in [0.05, 0.1) is 18.4 Å². The van der Waals surface area contributed by atoms with E-state index >= 15 is 0 Å². The number of nitrogens with one attached hydrogen (secondary N) is 2. The van der Waals surface area contributed by atoms with E-state index in [0.717, 1.165) is 19.0 Å². The summed E-state index contributed by atoms with van der Waals surface area (Å²) >= 11 is 0. The molecule has 1 saturated heterocycles. The molecule has 2 N–H and O–H groups in total. The molecule has 1 aliphatic heterocycles. The van der Waals surface area contributed by atoms with Gasteiger partial charge in [0.2, 0.25) is 0 Å². The van der Waals surface area contributed by atoms with Crippen LogP contribution in [0, 0.1) is 11.6 Å². The maximum atomic E-state index is 13.5. The predicted molar refractivity (Wildman–Crippen MR) is 88.9 cm³/mol. The van der Waals surface area contributed by atoms with Gasteiger partial charge in [0.1, 0.15) is 0 Å². The molecule has 8 heteroatoms. The molecule has 1 aliphatic rings. The van der Waals surface area contributed by atoms with Gasteiger partial charge >= 0.3 is 6.03 Å². The van der Waals surface area contributed by atoms with Crippen molar-refractivity contribution >= 4 is 6.03 Å². The number of likely N-dealkylation sites (tertiary alicyclic amines) is 1. The van der Waals surface area contributed by atoms with E-state index in [1.807, 2.05) is 22.7 Å². The Balaban J connectivity index is 1.58. The van der Waals surface area contributed by atoms with Crippen LogP contribution >= 0.6 is 0 Å². The lowest BCUT2D eigenvalue weighted by molar-refractivity contribution is 0.229. The van der Waals surface area contributed by atoms with Crippen LogP contribution in [-0.4, -0.2) is 46.7 Å². The second-order valence-electron chi connectivity index (χ2n) is 6.19. The second-order valence-corrected chi connectivity index (χ2v) is 6.19. The van der Waals surface area contributed by atoms with E-state index < -0.39 is 11.6 Å². The molecule has 2 heterocycles. The summed E-state index contributed by atoms with van der Waals surface area (Å²) < 4.78 is 28.6. The van der Waals surface area contributed by atoms with E-state index in [-0.39, 0.29) is 18.1 Å². The molecule has 0 spiro atoms. The van der Waals surface area contributed by atoms with Crippen LogP contribution in [0.3, 0.4) is 0 Å². The number of likely N-dealkylation sites (N-methyl/N-ethyl adjacent to an activating group) is 1. The van der Waals surface area contributed by atoms with Crippen molar-refractivity contribution in [2.75, 3.05) is 20.1 Å². The van der Waals surface area contributed by atoms with Crippen LogP contribution in [0.2, 0.25) is 0 Å². The van der Waals surface area contributed by atoms with Gasteiger partial charge in [-0.1, -0.05) is 6.07 Å².